The first-order valence-corrected chi connectivity index (χ1v) is 10.2. The number of hydrogen-bond donors (Lipinski definition) is 2. The number of rotatable bonds is 4. The summed E-state index contributed by atoms with van der Waals surface area (Å²) in [4.78, 5) is 33.6. The van der Waals surface area contributed by atoms with E-state index in [1.54, 1.807) is 10.6 Å². The molecule has 2 aromatic heterocycles. The van der Waals surface area contributed by atoms with Gasteiger partial charge in [-0.25, -0.2) is 14.8 Å². The predicted molar refractivity (Wildman–Crippen MR) is 117 cm³/mol. The number of pyridine rings is 1. The fourth-order valence-corrected chi connectivity index (χ4v) is 4.23. The molecule has 2 N–H and O–H groups in total. The van der Waals surface area contributed by atoms with Crippen LogP contribution in [0.15, 0.2) is 29.1 Å². The molecular formula is C22H23ClN4O3. The lowest BCUT2D eigenvalue weighted by atomic mass is 9.91. The van der Waals surface area contributed by atoms with Crippen molar-refractivity contribution < 1.29 is 9.90 Å². The molecule has 0 saturated carbocycles. The van der Waals surface area contributed by atoms with Crippen LogP contribution in [0.25, 0.3) is 10.9 Å². The lowest BCUT2D eigenvalue weighted by molar-refractivity contribution is 0.0691. The molecule has 156 valence electrons. The van der Waals surface area contributed by atoms with Crippen LogP contribution in [0.1, 0.15) is 60.7 Å². The number of fused-ring (bicyclic) bond motifs is 2. The number of carboxylic acids is 1. The number of hydrogen-bond acceptors (Lipinski definition) is 5. The van der Waals surface area contributed by atoms with Crippen LogP contribution in [0.4, 0.5) is 5.69 Å². The van der Waals surface area contributed by atoms with Gasteiger partial charge in [0.05, 0.1) is 22.6 Å². The third-order valence-corrected chi connectivity index (χ3v) is 5.91. The number of nitrogens with one attached hydrogen (secondary N) is 1. The SMILES string of the molecule is Cc1cc([C@@H](C)Nc2ccc(Cl)nc2C(=O)O)c2nc3n(c(=O)c2c1)CCC3(C)C. The van der Waals surface area contributed by atoms with Gasteiger partial charge in [0, 0.05) is 17.5 Å². The summed E-state index contributed by atoms with van der Waals surface area (Å²) >= 11 is 5.86. The summed E-state index contributed by atoms with van der Waals surface area (Å²) in [6.07, 6.45) is 0.867. The van der Waals surface area contributed by atoms with Gasteiger partial charge in [0.2, 0.25) is 0 Å². The van der Waals surface area contributed by atoms with Crippen LogP contribution in [0, 0.1) is 6.92 Å². The Morgan fingerprint density at radius 1 is 1.30 bits per heavy atom. The van der Waals surface area contributed by atoms with Crippen LogP contribution in [0.5, 0.6) is 0 Å². The van der Waals surface area contributed by atoms with Crippen molar-refractivity contribution in [1.82, 2.24) is 14.5 Å². The summed E-state index contributed by atoms with van der Waals surface area (Å²) < 4.78 is 1.77. The van der Waals surface area contributed by atoms with E-state index in [1.165, 1.54) is 6.07 Å². The van der Waals surface area contributed by atoms with Gasteiger partial charge >= 0.3 is 5.97 Å². The van der Waals surface area contributed by atoms with E-state index in [1.807, 2.05) is 26.0 Å². The highest BCUT2D eigenvalue weighted by atomic mass is 35.5. The van der Waals surface area contributed by atoms with Gasteiger partial charge in [0.25, 0.3) is 5.56 Å². The first-order chi connectivity index (χ1) is 14.1. The lowest BCUT2D eigenvalue weighted by Gasteiger charge is -2.21. The number of carboxylic acid groups (broad SMARTS) is 1. The quantitative estimate of drug-likeness (QED) is 0.603. The largest absolute Gasteiger partial charge is 0.476 e. The molecule has 8 heteroatoms. The average Bonchev–Trinajstić information content (AvgIpc) is 2.98. The minimum absolute atomic E-state index is 0.0305. The molecule has 1 aliphatic rings. The molecule has 1 aromatic carbocycles. The standard InChI is InChI=1S/C22H23ClN4O3/c1-11-9-13(12(2)24-15-5-6-16(23)25-18(15)20(29)30)17-14(10-11)19(28)27-8-7-22(3,4)21(27)26-17/h5-6,9-10,12,24H,7-8H2,1-4H3,(H,29,30)/t12-/m1/s1. The highest BCUT2D eigenvalue weighted by Gasteiger charge is 2.33. The van der Waals surface area contributed by atoms with Crippen LogP contribution in [0.3, 0.4) is 0 Å². The first-order valence-electron chi connectivity index (χ1n) is 9.80. The monoisotopic (exact) mass is 426 g/mol. The smallest absolute Gasteiger partial charge is 0.356 e. The molecule has 0 radical (unpaired) electrons. The second kappa shape index (κ2) is 7.09. The van der Waals surface area contributed by atoms with Crippen LogP contribution in [-0.2, 0) is 12.0 Å². The van der Waals surface area contributed by atoms with E-state index in [-0.39, 0.29) is 27.9 Å². The van der Waals surface area contributed by atoms with Gasteiger partial charge < -0.3 is 10.4 Å². The average molecular weight is 427 g/mol. The second-order valence-corrected chi connectivity index (χ2v) is 8.86. The molecule has 4 rings (SSSR count). The molecule has 0 aliphatic carbocycles. The highest BCUT2D eigenvalue weighted by Crippen LogP contribution is 2.34. The maximum Gasteiger partial charge on any atom is 0.356 e. The minimum atomic E-state index is -1.17. The molecule has 0 saturated heterocycles. The molecule has 0 unspecified atom stereocenters. The lowest BCUT2D eigenvalue weighted by Crippen LogP contribution is -2.25. The molecule has 1 aliphatic heterocycles. The number of anilines is 1. The Bertz CT molecular complexity index is 1250. The van der Waals surface area contributed by atoms with E-state index in [0.29, 0.717) is 23.1 Å². The van der Waals surface area contributed by atoms with Crippen molar-refractivity contribution in [1.29, 1.82) is 0 Å². The number of benzene rings is 1. The number of aromatic carboxylic acids is 1. The second-order valence-electron chi connectivity index (χ2n) is 8.48. The molecule has 30 heavy (non-hydrogen) atoms. The molecule has 0 spiro atoms. The summed E-state index contributed by atoms with van der Waals surface area (Å²) in [6.45, 7) is 8.70. The van der Waals surface area contributed by atoms with Crippen LogP contribution in [0.2, 0.25) is 5.15 Å². The van der Waals surface area contributed by atoms with Gasteiger partial charge in [-0.2, -0.15) is 0 Å². The zero-order valence-electron chi connectivity index (χ0n) is 17.3. The zero-order chi connectivity index (χ0) is 21.8. The Hall–Kier alpha value is -2.93. The fraction of sp³-hybridized carbons (Fsp3) is 0.364. The van der Waals surface area contributed by atoms with Crippen molar-refractivity contribution in [3.05, 3.63) is 62.4 Å². The van der Waals surface area contributed by atoms with Crippen molar-refractivity contribution in [2.24, 2.45) is 0 Å². The number of carbonyl (C=O) groups is 1. The predicted octanol–water partition coefficient (Wildman–Crippen LogP) is 4.31. The first kappa shape index (κ1) is 20.3. The molecule has 0 fully saturated rings. The molecule has 3 heterocycles. The maximum absolute atomic E-state index is 13.2. The summed E-state index contributed by atoms with van der Waals surface area (Å²) in [7, 11) is 0. The fourth-order valence-electron chi connectivity index (χ4n) is 4.09. The summed E-state index contributed by atoms with van der Waals surface area (Å²) in [5.74, 6) is -0.381. The van der Waals surface area contributed by atoms with Gasteiger partial charge in [-0.1, -0.05) is 31.5 Å². The van der Waals surface area contributed by atoms with Crippen LogP contribution in [-0.4, -0.2) is 25.6 Å². The summed E-state index contributed by atoms with van der Waals surface area (Å²) in [6, 6.07) is 6.67. The summed E-state index contributed by atoms with van der Waals surface area (Å²) in [5.41, 5.74) is 2.41. The topological polar surface area (TPSA) is 97.1 Å². The number of aromatic nitrogens is 3. The molecule has 1 atom stereocenters. The Kier molecular flexibility index (Phi) is 4.81. The zero-order valence-corrected chi connectivity index (χ0v) is 18.0. The van der Waals surface area contributed by atoms with E-state index in [4.69, 9.17) is 16.6 Å². The van der Waals surface area contributed by atoms with Gasteiger partial charge in [-0.15, -0.1) is 0 Å². The van der Waals surface area contributed by atoms with E-state index in [9.17, 15) is 14.7 Å². The Labute approximate surface area is 178 Å². The number of aryl methyl sites for hydroxylation is 1. The van der Waals surface area contributed by atoms with Gasteiger partial charge in [-0.05, 0) is 44.0 Å². The third kappa shape index (κ3) is 3.33. The summed E-state index contributed by atoms with van der Waals surface area (Å²) in [5, 5.41) is 13.4. The van der Waals surface area contributed by atoms with Crippen molar-refractivity contribution in [3.63, 3.8) is 0 Å². The van der Waals surface area contributed by atoms with Crippen molar-refractivity contribution in [2.45, 2.75) is 52.1 Å². The van der Waals surface area contributed by atoms with Gasteiger partial charge in [0.1, 0.15) is 11.0 Å². The van der Waals surface area contributed by atoms with Gasteiger partial charge in [0.15, 0.2) is 5.69 Å². The Balaban J connectivity index is 1.86. The Morgan fingerprint density at radius 2 is 2.03 bits per heavy atom. The van der Waals surface area contributed by atoms with E-state index in [0.717, 1.165) is 23.4 Å². The van der Waals surface area contributed by atoms with Crippen LogP contribution < -0.4 is 10.9 Å². The maximum atomic E-state index is 13.2. The van der Waals surface area contributed by atoms with E-state index >= 15 is 0 Å². The molecule has 3 aromatic rings. The third-order valence-electron chi connectivity index (χ3n) is 5.70. The molecule has 7 nitrogen and oxygen atoms in total. The van der Waals surface area contributed by atoms with Crippen molar-refractivity contribution in [3.8, 4) is 0 Å². The molecular weight excluding hydrogens is 404 g/mol. The number of nitrogens with zero attached hydrogens (tertiary/aromatic N) is 3. The molecule has 0 bridgehead atoms. The Morgan fingerprint density at radius 3 is 2.73 bits per heavy atom. The van der Waals surface area contributed by atoms with Crippen molar-refractivity contribution in [2.75, 3.05) is 5.32 Å². The molecule has 0 amide bonds. The highest BCUT2D eigenvalue weighted by molar-refractivity contribution is 6.29. The van der Waals surface area contributed by atoms with Crippen LogP contribution >= 0.6 is 11.6 Å². The normalized spacial score (nSPS) is 15.8. The minimum Gasteiger partial charge on any atom is -0.476 e. The van der Waals surface area contributed by atoms with E-state index < -0.39 is 5.97 Å². The van der Waals surface area contributed by atoms with Gasteiger partial charge in [-0.3, -0.25) is 9.36 Å². The number of halogens is 1. The van der Waals surface area contributed by atoms with E-state index in [2.05, 4.69) is 24.1 Å². The van der Waals surface area contributed by atoms with Crippen molar-refractivity contribution >= 4 is 34.2 Å².